The highest BCUT2D eigenvalue weighted by atomic mass is 32.1. The Morgan fingerprint density at radius 1 is 1.45 bits per heavy atom. The molecule has 20 heavy (non-hydrogen) atoms. The molecule has 0 saturated carbocycles. The van der Waals surface area contributed by atoms with E-state index in [1.54, 1.807) is 6.20 Å². The molecule has 0 aliphatic rings. The second-order valence-electron chi connectivity index (χ2n) is 4.47. The van der Waals surface area contributed by atoms with Crippen LogP contribution >= 0.6 is 11.5 Å². The van der Waals surface area contributed by atoms with Crippen molar-refractivity contribution in [1.29, 1.82) is 0 Å². The summed E-state index contributed by atoms with van der Waals surface area (Å²) in [5.41, 5.74) is 1.72. The number of carbonyl (C=O) groups is 1. The van der Waals surface area contributed by atoms with E-state index in [1.165, 1.54) is 0 Å². The number of hydrogen-bond donors (Lipinski definition) is 1. The minimum Gasteiger partial charge on any atom is -0.362 e. The standard InChI is InChI=1S/C13H17N5OS/c1-4-10-11(20-17-16-10)13(19)15-8-9-6-5-7-14-12(9)18(2)3/h5-7H,4,8H2,1-3H3,(H,15,19). The quantitative estimate of drug-likeness (QED) is 0.903. The van der Waals surface area contributed by atoms with E-state index >= 15 is 0 Å². The van der Waals surface area contributed by atoms with Gasteiger partial charge in [-0.25, -0.2) is 4.98 Å². The number of hydrogen-bond acceptors (Lipinski definition) is 6. The average Bonchev–Trinajstić information content (AvgIpc) is 2.93. The van der Waals surface area contributed by atoms with Gasteiger partial charge in [-0.3, -0.25) is 4.79 Å². The van der Waals surface area contributed by atoms with Gasteiger partial charge in [0.05, 0.1) is 5.69 Å². The Balaban J connectivity index is 2.08. The Bertz CT molecular complexity index is 596. The maximum absolute atomic E-state index is 12.1. The van der Waals surface area contributed by atoms with E-state index in [-0.39, 0.29) is 5.91 Å². The lowest BCUT2D eigenvalue weighted by Gasteiger charge is -2.15. The van der Waals surface area contributed by atoms with Crippen LogP contribution < -0.4 is 10.2 Å². The molecule has 0 radical (unpaired) electrons. The van der Waals surface area contributed by atoms with E-state index in [2.05, 4.69) is 19.9 Å². The fraction of sp³-hybridized carbons (Fsp3) is 0.385. The zero-order valence-corrected chi connectivity index (χ0v) is 12.6. The predicted octanol–water partition coefficient (Wildman–Crippen LogP) is 1.49. The van der Waals surface area contributed by atoms with Crippen molar-refractivity contribution in [2.45, 2.75) is 19.9 Å². The first-order chi connectivity index (χ1) is 9.63. The molecule has 0 aromatic carbocycles. The third-order valence-electron chi connectivity index (χ3n) is 2.83. The van der Waals surface area contributed by atoms with E-state index in [4.69, 9.17) is 0 Å². The van der Waals surface area contributed by atoms with E-state index in [0.29, 0.717) is 17.8 Å². The van der Waals surface area contributed by atoms with Crippen LogP contribution in [-0.2, 0) is 13.0 Å². The van der Waals surface area contributed by atoms with Crippen LogP contribution in [0.1, 0.15) is 27.9 Å². The van der Waals surface area contributed by atoms with E-state index in [0.717, 1.165) is 28.6 Å². The second kappa shape index (κ2) is 6.42. The molecule has 0 saturated heterocycles. The smallest absolute Gasteiger partial charge is 0.265 e. The summed E-state index contributed by atoms with van der Waals surface area (Å²) in [5, 5.41) is 6.84. The fourth-order valence-electron chi connectivity index (χ4n) is 1.84. The van der Waals surface area contributed by atoms with Crippen LogP contribution in [-0.4, -0.2) is 34.6 Å². The third kappa shape index (κ3) is 3.11. The Labute approximate surface area is 122 Å². The van der Waals surface area contributed by atoms with Gasteiger partial charge in [-0.2, -0.15) is 0 Å². The molecule has 1 N–H and O–H groups in total. The SMILES string of the molecule is CCc1nnsc1C(=O)NCc1cccnc1N(C)C. The summed E-state index contributed by atoms with van der Waals surface area (Å²) in [4.78, 5) is 18.9. The van der Waals surface area contributed by atoms with Gasteiger partial charge in [-0.15, -0.1) is 5.10 Å². The van der Waals surface area contributed by atoms with Crippen molar-refractivity contribution >= 4 is 23.3 Å². The molecule has 0 aliphatic heterocycles. The molecular weight excluding hydrogens is 274 g/mol. The van der Waals surface area contributed by atoms with Gasteiger partial charge in [0.2, 0.25) is 0 Å². The van der Waals surface area contributed by atoms with Gasteiger partial charge < -0.3 is 10.2 Å². The van der Waals surface area contributed by atoms with Crippen molar-refractivity contribution in [3.8, 4) is 0 Å². The van der Waals surface area contributed by atoms with Crippen molar-refractivity contribution in [2.24, 2.45) is 0 Å². The summed E-state index contributed by atoms with van der Waals surface area (Å²) in [5.74, 6) is 0.719. The molecule has 0 atom stereocenters. The van der Waals surface area contributed by atoms with Crippen LogP contribution in [0.3, 0.4) is 0 Å². The Hall–Kier alpha value is -2.02. The summed E-state index contributed by atoms with van der Waals surface area (Å²) >= 11 is 1.13. The van der Waals surface area contributed by atoms with Gasteiger partial charge in [0.15, 0.2) is 0 Å². The van der Waals surface area contributed by atoms with Crippen molar-refractivity contribution in [3.05, 3.63) is 34.5 Å². The molecule has 6 nitrogen and oxygen atoms in total. The maximum Gasteiger partial charge on any atom is 0.265 e. The zero-order valence-electron chi connectivity index (χ0n) is 11.8. The number of rotatable bonds is 5. The van der Waals surface area contributed by atoms with Crippen LogP contribution in [0.2, 0.25) is 0 Å². The van der Waals surface area contributed by atoms with Crippen LogP contribution in [0.5, 0.6) is 0 Å². The maximum atomic E-state index is 12.1. The minimum absolute atomic E-state index is 0.134. The molecule has 1 amide bonds. The van der Waals surface area contributed by atoms with Crippen LogP contribution in [0, 0.1) is 0 Å². The van der Waals surface area contributed by atoms with Crippen LogP contribution in [0.25, 0.3) is 0 Å². The number of nitrogens with zero attached hydrogens (tertiary/aromatic N) is 4. The Morgan fingerprint density at radius 3 is 2.95 bits per heavy atom. The van der Waals surface area contributed by atoms with Gasteiger partial charge in [0.1, 0.15) is 10.7 Å². The van der Waals surface area contributed by atoms with Gasteiger partial charge >= 0.3 is 0 Å². The highest BCUT2D eigenvalue weighted by Gasteiger charge is 2.15. The highest BCUT2D eigenvalue weighted by Crippen LogP contribution is 2.15. The molecule has 106 valence electrons. The molecule has 2 aromatic rings. The summed E-state index contributed by atoms with van der Waals surface area (Å²) < 4.78 is 3.83. The number of carbonyl (C=O) groups excluding carboxylic acids is 1. The highest BCUT2D eigenvalue weighted by molar-refractivity contribution is 7.08. The first kappa shape index (κ1) is 14.4. The van der Waals surface area contributed by atoms with Gasteiger partial charge in [-0.1, -0.05) is 17.5 Å². The number of nitrogens with one attached hydrogen (secondary N) is 1. The monoisotopic (exact) mass is 291 g/mol. The van der Waals surface area contributed by atoms with Gasteiger partial charge in [0.25, 0.3) is 5.91 Å². The van der Waals surface area contributed by atoms with Crippen molar-refractivity contribution in [1.82, 2.24) is 19.9 Å². The summed E-state index contributed by atoms with van der Waals surface area (Å²) in [7, 11) is 3.85. The normalized spacial score (nSPS) is 10.3. The molecule has 2 heterocycles. The number of anilines is 1. The van der Waals surface area contributed by atoms with Gasteiger partial charge in [-0.05, 0) is 24.0 Å². The molecule has 0 aliphatic carbocycles. The average molecular weight is 291 g/mol. The molecule has 0 bridgehead atoms. The van der Waals surface area contributed by atoms with E-state index in [1.807, 2.05) is 38.1 Å². The number of aromatic nitrogens is 3. The van der Waals surface area contributed by atoms with Crippen LogP contribution in [0.4, 0.5) is 5.82 Å². The molecule has 2 aromatic heterocycles. The lowest BCUT2D eigenvalue weighted by molar-refractivity contribution is 0.0954. The predicted molar refractivity (Wildman–Crippen MR) is 79.0 cm³/mol. The molecule has 2 rings (SSSR count). The minimum atomic E-state index is -0.134. The van der Waals surface area contributed by atoms with E-state index in [9.17, 15) is 4.79 Å². The molecule has 7 heteroatoms. The summed E-state index contributed by atoms with van der Waals surface area (Å²) in [6, 6.07) is 3.81. The first-order valence-electron chi connectivity index (χ1n) is 6.34. The van der Waals surface area contributed by atoms with Crippen molar-refractivity contribution in [3.63, 3.8) is 0 Å². The van der Waals surface area contributed by atoms with Crippen molar-refractivity contribution in [2.75, 3.05) is 19.0 Å². The largest absolute Gasteiger partial charge is 0.362 e. The van der Waals surface area contributed by atoms with Crippen LogP contribution in [0.15, 0.2) is 18.3 Å². The third-order valence-corrected chi connectivity index (χ3v) is 3.59. The lowest BCUT2D eigenvalue weighted by Crippen LogP contribution is -2.24. The molecule has 0 spiro atoms. The first-order valence-corrected chi connectivity index (χ1v) is 7.11. The molecule has 0 fully saturated rings. The Morgan fingerprint density at radius 2 is 2.25 bits per heavy atom. The van der Waals surface area contributed by atoms with Gasteiger partial charge in [0, 0.05) is 32.4 Å². The topological polar surface area (TPSA) is 71.0 Å². The fourth-order valence-corrected chi connectivity index (χ4v) is 2.51. The number of aryl methyl sites for hydroxylation is 1. The molecular formula is C13H17N5OS. The second-order valence-corrected chi connectivity index (χ2v) is 5.22. The van der Waals surface area contributed by atoms with Crippen molar-refractivity contribution < 1.29 is 4.79 Å². The zero-order chi connectivity index (χ0) is 14.5. The number of pyridine rings is 1. The Kier molecular flexibility index (Phi) is 4.62. The summed E-state index contributed by atoms with van der Waals surface area (Å²) in [6.45, 7) is 2.39. The summed E-state index contributed by atoms with van der Waals surface area (Å²) in [6.07, 6.45) is 2.44. The molecule has 0 unspecified atom stereocenters. The van der Waals surface area contributed by atoms with E-state index < -0.39 is 0 Å². The lowest BCUT2D eigenvalue weighted by atomic mass is 10.2. The number of amides is 1.